The lowest BCUT2D eigenvalue weighted by Gasteiger charge is -2.30. The van der Waals surface area contributed by atoms with Gasteiger partial charge in [0.05, 0.1) is 6.10 Å². The van der Waals surface area contributed by atoms with E-state index in [4.69, 9.17) is 5.11 Å². The molecule has 1 rings (SSSR count). The number of hydrogen-bond acceptors (Lipinski definition) is 3. The van der Waals surface area contributed by atoms with Gasteiger partial charge in [0.2, 0.25) is 0 Å². The highest BCUT2D eigenvalue weighted by atomic mass is 16.7. The Balaban J connectivity index is 2.43. The van der Waals surface area contributed by atoms with E-state index in [0.717, 1.165) is 6.42 Å². The fourth-order valence-corrected chi connectivity index (χ4v) is 1.63. The van der Waals surface area contributed by atoms with E-state index in [-0.39, 0.29) is 5.92 Å². The van der Waals surface area contributed by atoms with Crippen LogP contribution in [0, 0.1) is 5.92 Å². The van der Waals surface area contributed by atoms with Crippen LogP contribution in [0.4, 0.5) is 4.79 Å². The minimum Gasteiger partial charge on any atom is -0.450 e. The summed E-state index contributed by atoms with van der Waals surface area (Å²) in [6.07, 6.45) is 1.17. The predicted molar refractivity (Wildman–Crippen MR) is 46.4 cm³/mol. The number of aliphatic hydroxyl groups is 1. The van der Waals surface area contributed by atoms with Crippen molar-refractivity contribution in [1.82, 2.24) is 0 Å². The number of ether oxygens (including phenoxy) is 1. The first-order valence-electron chi connectivity index (χ1n) is 4.33. The first-order chi connectivity index (χ1) is 6.13. The topological polar surface area (TPSA) is 66.8 Å². The maximum Gasteiger partial charge on any atom is 0.506 e. The van der Waals surface area contributed by atoms with Crippen LogP contribution in [0.3, 0.4) is 0 Å². The highest BCUT2D eigenvalue weighted by Gasteiger charge is 2.30. The van der Waals surface area contributed by atoms with Crippen LogP contribution in [0.25, 0.3) is 0 Å². The van der Waals surface area contributed by atoms with Gasteiger partial charge in [-0.1, -0.05) is 6.08 Å². The van der Waals surface area contributed by atoms with E-state index in [1.165, 1.54) is 0 Å². The summed E-state index contributed by atoms with van der Waals surface area (Å²) in [5, 5.41) is 17.8. The van der Waals surface area contributed by atoms with Crippen molar-refractivity contribution in [2.24, 2.45) is 5.92 Å². The van der Waals surface area contributed by atoms with Crippen LogP contribution in [0.5, 0.6) is 0 Å². The molecule has 1 aliphatic rings. The molecule has 3 atom stereocenters. The standard InChI is InChI=1S/C9H14O4/c1-2-6-3-4-8(7(10)5-6)13-9(11)12/h2,6-8,10H,1,3-5H2,(H,11,12). The van der Waals surface area contributed by atoms with Crippen LogP contribution < -0.4 is 0 Å². The Bertz CT molecular complexity index is 202. The Morgan fingerprint density at radius 2 is 2.23 bits per heavy atom. The minimum absolute atomic E-state index is 0.281. The summed E-state index contributed by atoms with van der Waals surface area (Å²) in [4.78, 5) is 10.2. The highest BCUT2D eigenvalue weighted by molar-refractivity contribution is 5.57. The molecular formula is C9H14O4. The van der Waals surface area contributed by atoms with E-state index in [1.807, 2.05) is 0 Å². The van der Waals surface area contributed by atoms with Crippen molar-refractivity contribution in [3.8, 4) is 0 Å². The van der Waals surface area contributed by atoms with Gasteiger partial charge in [-0.05, 0) is 25.2 Å². The third-order valence-electron chi connectivity index (χ3n) is 2.38. The lowest BCUT2D eigenvalue weighted by atomic mass is 9.85. The van der Waals surface area contributed by atoms with Gasteiger partial charge in [-0.25, -0.2) is 4.79 Å². The van der Waals surface area contributed by atoms with E-state index in [9.17, 15) is 9.90 Å². The van der Waals surface area contributed by atoms with Crippen molar-refractivity contribution in [3.63, 3.8) is 0 Å². The zero-order valence-corrected chi connectivity index (χ0v) is 7.35. The largest absolute Gasteiger partial charge is 0.506 e. The smallest absolute Gasteiger partial charge is 0.450 e. The molecule has 0 aliphatic heterocycles. The molecule has 0 aromatic heterocycles. The van der Waals surface area contributed by atoms with Crippen LogP contribution in [-0.4, -0.2) is 28.6 Å². The molecule has 0 saturated heterocycles. The van der Waals surface area contributed by atoms with Crippen molar-refractivity contribution in [2.75, 3.05) is 0 Å². The van der Waals surface area contributed by atoms with Gasteiger partial charge < -0.3 is 14.9 Å². The first kappa shape index (κ1) is 10.1. The fourth-order valence-electron chi connectivity index (χ4n) is 1.63. The van der Waals surface area contributed by atoms with Crippen LogP contribution in [0.2, 0.25) is 0 Å². The Kier molecular flexibility index (Phi) is 3.31. The number of hydrogen-bond donors (Lipinski definition) is 2. The van der Waals surface area contributed by atoms with Gasteiger partial charge in [0, 0.05) is 0 Å². The third-order valence-corrected chi connectivity index (χ3v) is 2.38. The van der Waals surface area contributed by atoms with Crippen molar-refractivity contribution in [3.05, 3.63) is 12.7 Å². The van der Waals surface area contributed by atoms with Gasteiger partial charge in [-0.2, -0.15) is 0 Å². The van der Waals surface area contributed by atoms with Crippen LogP contribution in [0.15, 0.2) is 12.7 Å². The van der Waals surface area contributed by atoms with Gasteiger partial charge in [-0.15, -0.1) is 6.58 Å². The second-order valence-electron chi connectivity index (χ2n) is 3.30. The zero-order chi connectivity index (χ0) is 9.84. The molecule has 2 N–H and O–H groups in total. The molecule has 1 fully saturated rings. The SMILES string of the molecule is C=CC1CCC(OC(=O)O)C(O)C1. The average molecular weight is 186 g/mol. The number of carbonyl (C=O) groups is 1. The Labute approximate surface area is 76.8 Å². The quantitative estimate of drug-likeness (QED) is 0.505. The molecule has 1 aliphatic carbocycles. The Hall–Kier alpha value is -1.03. The van der Waals surface area contributed by atoms with Crippen molar-refractivity contribution in [1.29, 1.82) is 0 Å². The van der Waals surface area contributed by atoms with E-state index in [2.05, 4.69) is 11.3 Å². The summed E-state index contributed by atoms with van der Waals surface area (Å²) in [6, 6.07) is 0. The van der Waals surface area contributed by atoms with E-state index in [0.29, 0.717) is 12.8 Å². The van der Waals surface area contributed by atoms with E-state index in [1.54, 1.807) is 6.08 Å². The predicted octanol–water partition coefficient (Wildman–Crippen LogP) is 1.40. The highest BCUT2D eigenvalue weighted by Crippen LogP contribution is 2.27. The molecular weight excluding hydrogens is 172 g/mol. The van der Waals surface area contributed by atoms with E-state index >= 15 is 0 Å². The molecule has 13 heavy (non-hydrogen) atoms. The molecule has 0 aromatic carbocycles. The number of carboxylic acid groups (broad SMARTS) is 1. The van der Waals surface area contributed by atoms with Gasteiger partial charge >= 0.3 is 6.16 Å². The van der Waals surface area contributed by atoms with E-state index < -0.39 is 18.4 Å². The maximum absolute atomic E-state index is 10.2. The molecule has 4 heteroatoms. The van der Waals surface area contributed by atoms with Crippen molar-refractivity contribution < 1.29 is 19.7 Å². The first-order valence-corrected chi connectivity index (χ1v) is 4.33. The summed E-state index contributed by atoms with van der Waals surface area (Å²) in [7, 11) is 0. The molecule has 4 nitrogen and oxygen atoms in total. The summed E-state index contributed by atoms with van der Waals surface area (Å²) in [5.74, 6) is 0.281. The monoisotopic (exact) mass is 186 g/mol. The van der Waals surface area contributed by atoms with Crippen LogP contribution in [0.1, 0.15) is 19.3 Å². The molecule has 3 unspecified atom stereocenters. The van der Waals surface area contributed by atoms with Crippen molar-refractivity contribution >= 4 is 6.16 Å². The molecule has 0 radical (unpaired) electrons. The number of rotatable bonds is 2. The Morgan fingerprint density at radius 1 is 1.54 bits per heavy atom. The Morgan fingerprint density at radius 3 is 2.69 bits per heavy atom. The van der Waals surface area contributed by atoms with Gasteiger partial charge in [-0.3, -0.25) is 0 Å². The fraction of sp³-hybridized carbons (Fsp3) is 0.667. The maximum atomic E-state index is 10.2. The van der Waals surface area contributed by atoms with Gasteiger partial charge in [0.25, 0.3) is 0 Å². The van der Waals surface area contributed by atoms with Crippen molar-refractivity contribution in [2.45, 2.75) is 31.5 Å². The minimum atomic E-state index is -1.32. The van der Waals surface area contributed by atoms with Crippen LogP contribution in [-0.2, 0) is 4.74 Å². The zero-order valence-electron chi connectivity index (χ0n) is 7.35. The normalized spacial score (nSPS) is 33.8. The van der Waals surface area contributed by atoms with Crippen LogP contribution >= 0.6 is 0 Å². The summed E-state index contributed by atoms with van der Waals surface area (Å²) in [5.41, 5.74) is 0. The second-order valence-corrected chi connectivity index (χ2v) is 3.30. The number of aliphatic hydroxyl groups excluding tert-OH is 1. The molecule has 74 valence electrons. The lowest BCUT2D eigenvalue weighted by molar-refractivity contribution is -0.0459. The molecule has 0 heterocycles. The molecule has 1 saturated carbocycles. The average Bonchev–Trinajstić information content (AvgIpc) is 2.08. The summed E-state index contributed by atoms with van der Waals surface area (Å²) >= 11 is 0. The second kappa shape index (κ2) is 4.28. The summed E-state index contributed by atoms with van der Waals surface area (Å²) in [6.45, 7) is 3.64. The third kappa shape index (κ3) is 2.73. The number of allylic oxidation sites excluding steroid dienone is 1. The molecule has 0 bridgehead atoms. The molecule has 0 spiro atoms. The lowest BCUT2D eigenvalue weighted by Crippen LogP contribution is -2.36. The van der Waals surface area contributed by atoms with Gasteiger partial charge in [0.1, 0.15) is 6.10 Å². The van der Waals surface area contributed by atoms with Gasteiger partial charge in [0.15, 0.2) is 0 Å². The molecule has 0 aromatic rings. The molecule has 0 amide bonds. The summed E-state index contributed by atoms with van der Waals surface area (Å²) < 4.78 is 4.53.